The van der Waals surface area contributed by atoms with Crippen LogP contribution in [0.5, 0.6) is 0 Å². The minimum atomic E-state index is -1.61. The van der Waals surface area contributed by atoms with Crippen molar-refractivity contribution in [2.24, 2.45) is 34.5 Å². The Hall–Kier alpha value is -1.93. The van der Waals surface area contributed by atoms with Crippen LogP contribution in [0.15, 0.2) is 23.3 Å². The van der Waals surface area contributed by atoms with E-state index in [9.17, 15) is 29.0 Å². The first-order valence-corrected chi connectivity index (χ1v) is 11.7. The molecule has 6 nitrogen and oxygen atoms in total. The van der Waals surface area contributed by atoms with Crippen molar-refractivity contribution in [3.8, 4) is 0 Å². The van der Waals surface area contributed by atoms with Gasteiger partial charge >= 0.3 is 5.97 Å². The number of fused-ring (bicyclic) bond motifs is 5. The lowest BCUT2D eigenvalue weighted by atomic mass is 9.45. The van der Waals surface area contributed by atoms with Gasteiger partial charge in [-0.2, -0.15) is 4.39 Å². The van der Waals surface area contributed by atoms with Gasteiger partial charge in [-0.25, -0.2) is 4.39 Å². The van der Waals surface area contributed by atoms with Gasteiger partial charge in [0.15, 0.2) is 5.60 Å². The van der Waals surface area contributed by atoms with Crippen molar-refractivity contribution >= 4 is 17.5 Å². The maximum absolute atomic E-state index is 15.3. The maximum atomic E-state index is 15.3. The average molecular weight is 467 g/mol. The van der Waals surface area contributed by atoms with Crippen LogP contribution in [0.4, 0.5) is 8.78 Å². The second-order valence-corrected chi connectivity index (χ2v) is 10.7. The van der Waals surface area contributed by atoms with Crippen LogP contribution >= 0.6 is 0 Å². The molecule has 0 unspecified atom stereocenters. The molecule has 8 heteroatoms. The minimum Gasteiger partial charge on any atom is -0.450 e. The van der Waals surface area contributed by atoms with Crippen molar-refractivity contribution in [1.82, 2.24) is 0 Å². The van der Waals surface area contributed by atoms with Gasteiger partial charge in [0.25, 0.3) is 0 Å². The summed E-state index contributed by atoms with van der Waals surface area (Å²) in [6, 6.07) is 0. The molecule has 0 aliphatic heterocycles. The van der Waals surface area contributed by atoms with Gasteiger partial charge < -0.3 is 14.9 Å². The molecule has 0 saturated heterocycles. The summed E-state index contributed by atoms with van der Waals surface area (Å²) in [5.74, 6) is -6.33. The second kappa shape index (κ2) is 7.80. The first-order chi connectivity index (χ1) is 15.4. The standard InChI is InChI=1S/C25H32F2O6/c1-5-19(32)33-25(18(31)11-28)12(2)8-15-14-7-6-13-9-16(29)21(26)22(27)24(13,4)20(14)17(30)10-23(15,25)3/h9,12,14-15,17,20,28,30H,5-8,10-11H2,1-4H3/t12-,14+,15+,17+,20-,23+,24+,25+/m1/s1. The van der Waals surface area contributed by atoms with Crippen LogP contribution < -0.4 is 0 Å². The Balaban J connectivity index is 1.83. The van der Waals surface area contributed by atoms with E-state index < -0.39 is 70.2 Å². The van der Waals surface area contributed by atoms with E-state index in [2.05, 4.69) is 0 Å². The molecule has 4 aliphatic rings. The normalized spacial score (nSPS) is 44.5. The zero-order valence-corrected chi connectivity index (χ0v) is 19.5. The summed E-state index contributed by atoms with van der Waals surface area (Å²) in [4.78, 5) is 37.5. The number of allylic oxidation sites excluding steroid dienone is 4. The maximum Gasteiger partial charge on any atom is 0.306 e. The fourth-order valence-electron chi connectivity index (χ4n) is 7.99. The third-order valence-electron chi connectivity index (χ3n) is 9.37. The first kappa shape index (κ1) is 24.2. The Labute approximate surface area is 192 Å². The molecule has 182 valence electrons. The van der Waals surface area contributed by atoms with Crippen LogP contribution in [0.1, 0.15) is 59.8 Å². The van der Waals surface area contributed by atoms with Gasteiger partial charge in [-0.15, -0.1) is 0 Å². The number of carbonyl (C=O) groups excluding carboxylic acids is 3. The Morgan fingerprint density at radius 2 is 1.94 bits per heavy atom. The highest BCUT2D eigenvalue weighted by Gasteiger charge is 2.73. The van der Waals surface area contributed by atoms with Crippen molar-refractivity contribution in [2.45, 2.75) is 71.5 Å². The van der Waals surface area contributed by atoms with Crippen molar-refractivity contribution in [3.63, 3.8) is 0 Å². The molecule has 33 heavy (non-hydrogen) atoms. The van der Waals surface area contributed by atoms with E-state index in [0.29, 0.717) is 24.8 Å². The molecule has 0 aromatic rings. The van der Waals surface area contributed by atoms with E-state index in [0.717, 1.165) is 6.08 Å². The lowest BCUT2D eigenvalue weighted by molar-refractivity contribution is -0.206. The quantitative estimate of drug-likeness (QED) is 0.617. The number of aliphatic hydroxyl groups excluding tert-OH is 2. The molecule has 0 amide bonds. The summed E-state index contributed by atoms with van der Waals surface area (Å²) >= 11 is 0. The van der Waals surface area contributed by atoms with E-state index >= 15 is 4.39 Å². The lowest BCUT2D eigenvalue weighted by Crippen LogP contribution is -2.64. The molecule has 8 atom stereocenters. The fourth-order valence-corrected chi connectivity index (χ4v) is 7.99. The highest BCUT2D eigenvalue weighted by molar-refractivity contribution is 6.04. The van der Waals surface area contributed by atoms with Crippen LogP contribution in [0.2, 0.25) is 0 Å². The summed E-state index contributed by atoms with van der Waals surface area (Å²) in [5, 5.41) is 21.2. The number of ketones is 2. The van der Waals surface area contributed by atoms with E-state index in [1.54, 1.807) is 20.8 Å². The fraction of sp³-hybridized carbons (Fsp3) is 0.720. The monoisotopic (exact) mass is 466 g/mol. The first-order valence-electron chi connectivity index (χ1n) is 11.7. The number of esters is 1. The SMILES string of the molecule is CCC(=O)O[C@]1(C(=O)CO)[C@H](C)C[C@H]2[C@@H]3CCC4=CC(=O)C(F)=C(F)[C@]4(C)[C@H]3[C@@H](O)C[C@@]21C. The average Bonchev–Trinajstić information content (AvgIpc) is 2.99. The van der Waals surface area contributed by atoms with Crippen molar-refractivity contribution in [2.75, 3.05) is 6.61 Å². The third kappa shape index (κ3) is 2.92. The van der Waals surface area contributed by atoms with Gasteiger partial charge in [0.1, 0.15) is 12.4 Å². The molecule has 0 spiro atoms. The molecule has 4 rings (SSSR count). The van der Waals surface area contributed by atoms with Crippen LogP contribution in [-0.4, -0.2) is 46.1 Å². The Morgan fingerprint density at radius 1 is 1.27 bits per heavy atom. The zero-order chi connectivity index (χ0) is 24.5. The summed E-state index contributed by atoms with van der Waals surface area (Å²) in [5.41, 5.74) is -3.56. The molecule has 0 radical (unpaired) electrons. The number of hydrogen-bond acceptors (Lipinski definition) is 6. The van der Waals surface area contributed by atoms with E-state index in [1.165, 1.54) is 0 Å². The number of hydrogen-bond donors (Lipinski definition) is 2. The van der Waals surface area contributed by atoms with Crippen LogP contribution in [0, 0.1) is 34.5 Å². The van der Waals surface area contributed by atoms with Crippen molar-refractivity contribution < 1.29 is 38.1 Å². The van der Waals surface area contributed by atoms with Crippen LogP contribution in [0.3, 0.4) is 0 Å². The van der Waals surface area contributed by atoms with Crippen LogP contribution in [-0.2, 0) is 19.1 Å². The van der Waals surface area contributed by atoms with Gasteiger partial charge in [-0.05, 0) is 50.5 Å². The van der Waals surface area contributed by atoms with Gasteiger partial charge in [-0.3, -0.25) is 14.4 Å². The minimum absolute atomic E-state index is 0.0254. The van der Waals surface area contributed by atoms with Gasteiger partial charge in [-0.1, -0.05) is 26.3 Å². The molecule has 4 aliphatic carbocycles. The summed E-state index contributed by atoms with van der Waals surface area (Å²) in [6.07, 6.45) is 1.49. The highest BCUT2D eigenvalue weighted by atomic mass is 19.2. The summed E-state index contributed by atoms with van der Waals surface area (Å²) in [7, 11) is 0. The largest absolute Gasteiger partial charge is 0.450 e. The summed E-state index contributed by atoms with van der Waals surface area (Å²) in [6.45, 7) is 5.97. The number of Topliss-reactive ketones (excluding diaryl/α,β-unsaturated/α-hetero) is 1. The topological polar surface area (TPSA) is 101 Å². The Morgan fingerprint density at radius 3 is 2.55 bits per heavy atom. The number of halogens is 2. The number of ether oxygens (including phenoxy) is 1. The predicted octanol–water partition coefficient (Wildman–Crippen LogP) is 3.36. The molecular formula is C25H32F2O6. The predicted molar refractivity (Wildman–Crippen MR) is 114 cm³/mol. The van der Waals surface area contributed by atoms with Gasteiger partial charge in [0.05, 0.1) is 6.10 Å². The van der Waals surface area contributed by atoms with E-state index in [1.807, 2.05) is 6.92 Å². The smallest absolute Gasteiger partial charge is 0.306 e. The third-order valence-corrected chi connectivity index (χ3v) is 9.37. The van der Waals surface area contributed by atoms with Crippen molar-refractivity contribution in [3.05, 3.63) is 23.3 Å². The molecule has 0 bridgehead atoms. The van der Waals surface area contributed by atoms with E-state index in [-0.39, 0.29) is 24.7 Å². The molecule has 2 N–H and O–H groups in total. The zero-order valence-electron chi connectivity index (χ0n) is 19.5. The number of carbonyl (C=O) groups is 3. The molecular weight excluding hydrogens is 434 g/mol. The van der Waals surface area contributed by atoms with Gasteiger partial charge in [0.2, 0.25) is 17.4 Å². The highest BCUT2D eigenvalue weighted by Crippen LogP contribution is 2.70. The van der Waals surface area contributed by atoms with Crippen LogP contribution in [0.25, 0.3) is 0 Å². The molecule has 0 heterocycles. The molecule has 0 aromatic carbocycles. The molecule has 3 fully saturated rings. The van der Waals surface area contributed by atoms with Gasteiger partial charge in [0, 0.05) is 29.1 Å². The molecule has 3 saturated carbocycles. The number of aliphatic hydroxyl groups is 2. The van der Waals surface area contributed by atoms with E-state index in [4.69, 9.17) is 4.74 Å². The van der Waals surface area contributed by atoms with Crippen molar-refractivity contribution in [1.29, 1.82) is 0 Å². The second-order valence-electron chi connectivity index (χ2n) is 10.7. The molecule has 0 aromatic heterocycles. The Kier molecular flexibility index (Phi) is 5.72. The Bertz CT molecular complexity index is 972. The lowest BCUT2D eigenvalue weighted by Gasteiger charge is -2.60. The summed E-state index contributed by atoms with van der Waals surface area (Å²) < 4.78 is 35.6. The number of rotatable bonds is 4.